The third-order valence-corrected chi connectivity index (χ3v) is 4.98. The summed E-state index contributed by atoms with van der Waals surface area (Å²) in [7, 11) is 6.88. The van der Waals surface area contributed by atoms with Crippen molar-refractivity contribution in [2.75, 3.05) is 33.4 Å². The smallest absolute Gasteiger partial charge is 0.0780 e. The number of para-hydroxylation sites is 1. The zero-order valence-electron chi connectivity index (χ0n) is 19.4. The van der Waals surface area contributed by atoms with E-state index in [1.54, 1.807) is 0 Å². The van der Waals surface area contributed by atoms with Crippen LogP contribution in [0.15, 0.2) is 30.3 Å². The quantitative estimate of drug-likeness (QED) is 0.235. The van der Waals surface area contributed by atoms with E-state index in [1.165, 1.54) is 96.4 Å². The predicted molar refractivity (Wildman–Crippen MR) is 124 cm³/mol. The molecular formula is C25H49BrN2. The van der Waals surface area contributed by atoms with Crippen molar-refractivity contribution in [1.29, 1.82) is 0 Å². The van der Waals surface area contributed by atoms with Gasteiger partial charge < -0.3 is 27.2 Å². The van der Waals surface area contributed by atoms with Gasteiger partial charge in [-0.05, 0) is 25.0 Å². The lowest BCUT2D eigenvalue weighted by Crippen LogP contribution is -3.00. The molecule has 0 unspecified atom stereocenters. The summed E-state index contributed by atoms with van der Waals surface area (Å²) in [6, 6.07) is 9.49. The second kappa shape index (κ2) is 21.2. The van der Waals surface area contributed by atoms with E-state index in [2.05, 4.69) is 28.1 Å². The van der Waals surface area contributed by atoms with Crippen LogP contribution in [0.1, 0.15) is 96.8 Å². The molecule has 166 valence electrons. The number of unbranched alkanes of at least 4 members (excludes halogenated alkanes) is 13. The first kappa shape index (κ1) is 29.7. The summed E-state index contributed by atoms with van der Waals surface area (Å²) in [6.07, 6.45) is 20.4. The highest BCUT2D eigenvalue weighted by atomic mass is 79.9. The molecule has 1 aromatic carbocycles. The summed E-state index contributed by atoms with van der Waals surface area (Å²) in [5, 5.41) is 0. The molecule has 0 amide bonds. The summed E-state index contributed by atoms with van der Waals surface area (Å²) in [6.45, 7) is 3.63. The van der Waals surface area contributed by atoms with Crippen LogP contribution in [0.25, 0.3) is 0 Å². The third kappa shape index (κ3) is 25.5. The van der Waals surface area contributed by atoms with Crippen LogP contribution in [0.5, 0.6) is 0 Å². The number of halogens is 1. The van der Waals surface area contributed by atoms with Gasteiger partial charge in [0.2, 0.25) is 0 Å². The summed E-state index contributed by atoms with van der Waals surface area (Å²) in [5.41, 5.74) is 6.18. The molecule has 2 nitrogen and oxygen atoms in total. The first-order valence-corrected chi connectivity index (χ1v) is 11.6. The molecule has 0 aliphatic rings. The van der Waals surface area contributed by atoms with Crippen LogP contribution in [0.4, 0.5) is 5.69 Å². The van der Waals surface area contributed by atoms with Gasteiger partial charge >= 0.3 is 0 Å². The van der Waals surface area contributed by atoms with Gasteiger partial charge in [-0.25, -0.2) is 0 Å². The van der Waals surface area contributed by atoms with Crippen LogP contribution in [0.3, 0.4) is 0 Å². The van der Waals surface area contributed by atoms with Crippen LogP contribution < -0.4 is 22.7 Å². The van der Waals surface area contributed by atoms with Crippen molar-refractivity contribution in [3.05, 3.63) is 30.3 Å². The predicted octanol–water partition coefficient (Wildman–Crippen LogP) is 4.45. The second-order valence-electron chi connectivity index (χ2n) is 9.02. The number of nitrogen functional groups attached to an aromatic ring is 1. The first-order chi connectivity index (χ1) is 13.0. The Bertz CT molecular complexity index is 401. The molecule has 0 aliphatic heterocycles. The molecule has 0 aromatic heterocycles. The van der Waals surface area contributed by atoms with E-state index in [4.69, 9.17) is 5.73 Å². The van der Waals surface area contributed by atoms with Gasteiger partial charge in [0.1, 0.15) is 0 Å². The molecule has 0 aliphatic carbocycles. The number of anilines is 1. The zero-order valence-corrected chi connectivity index (χ0v) is 21.0. The van der Waals surface area contributed by atoms with Gasteiger partial charge in [0.25, 0.3) is 0 Å². The number of rotatable bonds is 15. The Hall–Kier alpha value is -0.540. The van der Waals surface area contributed by atoms with Gasteiger partial charge in [0.15, 0.2) is 0 Å². The Morgan fingerprint density at radius 3 is 1.25 bits per heavy atom. The molecule has 0 heterocycles. The van der Waals surface area contributed by atoms with Crippen molar-refractivity contribution in [2.24, 2.45) is 0 Å². The number of quaternary nitrogens is 1. The fourth-order valence-electron chi connectivity index (χ4n) is 3.23. The summed E-state index contributed by atoms with van der Waals surface area (Å²) >= 11 is 0. The van der Waals surface area contributed by atoms with Crippen molar-refractivity contribution in [1.82, 2.24) is 0 Å². The summed E-state index contributed by atoms with van der Waals surface area (Å²) in [5.74, 6) is 0. The maximum atomic E-state index is 5.36. The fraction of sp³-hybridized carbons (Fsp3) is 0.760. The molecule has 3 heteroatoms. The molecule has 0 spiro atoms. The van der Waals surface area contributed by atoms with Crippen molar-refractivity contribution in [3.8, 4) is 0 Å². The van der Waals surface area contributed by atoms with Gasteiger partial charge in [-0.15, -0.1) is 0 Å². The number of benzene rings is 1. The highest BCUT2D eigenvalue weighted by Gasteiger charge is 2.04. The number of hydrogen-bond donors (Lipinski definition) is 1. The molecule has 0 atom stereocenters. The molecule has 0 bridgehead atoms. The Balaban J connectivity index is 0. The largest absolute Gasteiger partial charge is 1.00 e. The molecule has 1 rings (SSSR count). The van der Waals surface area contributed by atoms with Gasteiger partial charge in [-0.1, -0.05) is 102 Å². The minimum absolute atomic E-state index is 0. The van der Waals surface area contributed by atoms with Crippen LogP contribution in [0, 0.1) is 0 Å². The van der Waals surface area contributed by atoms with E-state index >= 15 is 0 Å². The number of nitrogens with two attached hydrogens (primary N) is 1. The Labute approximate surface area is 187 Å². The van der Waals surface area contributed by atoms with E-state index in [9.17, 15) is 0 Å². The van der Waals surface area contributed by atoms with Gasteiger partial charge in [-0.2, -0.15) is 0 Å². The summed E-state index contributed by atoms with van der Waals surface area (Å²) in [4.78, 5) is 0. The van der Waals surface area contributed by atoms with E-state index in [1.807, 2.05) is 30.3 Å². The van der Waals surface area contributed by atoms with Crippen LogP contribution >= 0.6 is 0 Å². The third-order valence-electron chi connectivity index (χ3n) is 4.98. The van der Waals surface area contributed by atoms with Crippen LogP contribution in [-0.2, 0) is 0 Å². The van der Waals surface area contributed by atoms with Gasteiger partial charge in [0, 0.05) is 5.69 Å². The molecule has 0 fully saturated rings. The molecule has 0 saturated carbocycles. The molecule has 1 aromatic rings. The topological polar surface area (TPSA) is 26.0 Å². The Morgan fingerprint density at radius 2 is 0.964 bits per heavy atom. The summed E-state index contributed by atoms with van der Waals surface area (Å²) < 4.78 is 1.12. The Morgan fingerprint density at radius 1 is 0.607 bits per heavy atom. The van der Waals surface area contributed by atoms with Crippen molar-refractivity contribution in [3.63, 3.8) is 0 Å². The first-order valence-electron chi connectivity index (χ1n) is 11.6. The van der Waals surface area contributed by atoms with Crippen molar-refractivity contribution in [2.45, 2.75) is 96.8 Å². The van der Waals surface area contributed by atoms with Crippen molar-refractivity contribution < 1.29 is 21.5 Å². The van der Waals surface area contributed by atoms with E-state index in [0.29, 0.717) is 0 Å². The monoisotopic (exact) mass is 456 g/mol. The van der Waals surface area contributed by atoms with Crippen LogP contribution in [-0.4, -0.2) is 32.2 Å². The maximum absolute atomic E-state index is 5.36. The second-order valence-corrected chi connectivity index (χ2v) is 9.02. The minimum atomic E-state index is 0. The molecular weight excluding hydrogens is 408 g/mol. The Kier molecular flexibility index (Phi) is 22.4. The van der Waals surface area contributed by atoms with Crippen LogP contribution in [0.2, 0.25) is 0 Å². The standard InChI is InChI=1S/C19H42N.C6H7N.BrH/c1-5-6-7-8-9-10-11-12-13-14-15-16-17-18-19-20(2,3)4;7-6-4-2-1-3-5-6;/h5-19H2,1-4H3;1-5H,7H2;1H/q+1;;/p-1. The average Bonchev–Trinajstić information content (AvgIpc) is 2.62. The highest BCUT2D eigenvalue weighted by molar-refractivity contribution is 5.35. The van der Waals surface area contributed by atoms with Crippen molar-refractivity contribution >= 4 is 5.69 Å². The normalized spacial score (nSPS) is 10.7. The van der Waals surface area contributed by atoms with E-state index in [0.717, 1.165) is 10.2 Å². The number of hydrogen-bond acceptors (Lipinski definition) is 1. The number of nitrogens with zero attached hydrogens (tertiary/aromatic N) is 1. The minimum Gasteiger partial charge on any atom is -1.00 e. The SMILES string of the molecule is CCCCCCCCCCCCCCCC[N+](C)(C)C.Nc1ccccc1.[Br-]. The molecule has 0 saturated heterocycles. The molecule has 2 N–H and O–H groups in total. The lowest BCUT2D eigenvalue weighted by atomic mass is 10.0. The molecule has 28 heavy (non-hydrogen) atoms. The fourth-order valence-corrected chi connectivity index (χ4v) is 3.23. The maximum Gasteiger partial charge on any atom is 0.0780 e. The van der Waals surface area contributed by atoms with Gasteiger partial charge in [-0.3, -0.25) is 0 Å². The van der Waals surface area contributed by atoms with E-state index < -0.39 is 0 Å². The lowest BCUT2D eigenvalue weighted by molar-refractivity contribution is -0.870. The van der Waals surface area contributed by atoms with Gasteiger partial charge in [0.05, 0.1) is 27.7 Å². The molecule has 0 radical (unpaired) electrons. The zero-order chi connectivity index (χ0) is 20.2. The van der Waals surface area contributed by atoms with E-state index in [-0.39, 0.29) is 17.0 Å². The lowest BCUT2D eigenvalue weighted by Gasteiger charge is -2.23. The highest BCUT2D eigenvalue weighted by Crippen LogP contribution is 2.13. The average molecular weight is 458 g/mol.